The maximum atomic E-state index is 13.9. The Bertz CT molecular complexity index is 2350. The lowest BCUT2D eigenvalue weighted by Gasteiger charge is -2.26. The molecule has 16 heteroatoms. The molecule has 1 unspecified atom stereocenters. The summed E-state index contributed by atoms with van der Waals surface area (Å²) in [5.74, 6) is -0.154. The van der Waals surface area contributed by atoms with E-state index in [0.29, 0.717) is 45.7 Å². The maximum Gasteiger partial charge on any atom is 0.332 e. The number of hydrogen-bond donors (Lipinski definition) is 2. The quantitative estimate of drug-likeness (QED) is 0.170. The molecule has 1 amide bonds. The SMILES string of the molecule is COc1nc(-c2cccc(-c3cccc(Nc4nc(C(F)F)nc5c4c(=O)n(C)c(=O)n5C)c3Cl)c2Cl)cc2c1[C@@H](N1CCC(CNC=O)C1)CC2. The van der Waals surface area contributed by atoms with Crippen LogP contribution in [0, 0.1) is 5.92 Å². The van der Waals surface area contributed by atoms with Crippen molar-refractivity contribution in [2.75, 3.05) is 32.1 Å². The summed E-state index contributed by atoms with van der Waals surface area (Å²) in [6, 6.07) is 12.8. The molecule has 0 spiro atoms. The Morgan fingerprint density at radius 1 is 1.00 bits per heavy atom. The van der Waals surface area contributed by atoms with Crippen molar-refractivity contribution in [2.24, 2.45) is 20.0 Å². The van der Waals surface area contributed by atoms with Crippen LogP contribution in [0.5, 0.6) is 5.88 Å². The minimum atomic E-state index is -3.07. The molecule has 1 aliphatic carbocycles. The van der Waals surface area contributed by atoms with E-state index in [0.717, 1.165) is 59.0 Å². The van der Waals surface area contributed by atoms with Crippen LogP contribution < -0.4 is 26.6 Å². The minimum absolute atomic E-state index is 0.158. The van der Waals surface area contributed by atoms with Crippen molar-refractivity contribution < 1.29 is 18.3 Å². The van der Waals surface area contributed by atoms with E-state index in [4.69, 9.17) is 32.9 Å². The van der Waals surface area contributed by atoms with Gasteiger partial charge in [-0.05, 0) is 49.4 Å². The lowest BCUT2D eigenvalue weighted by atomic mass is 9.99. The van der Waals surface area contributed by atoms with Crippen molar-refractivity contribution in [2.45, 2.75) is 31.7 Å². The summed E-state index contributed by atoms with van der Waals surface area (Å²) >= 11 is 14.1. The number of carbonyl (C=O) groups is 1. The first-order valence-electron chi connectivity index (χ1n) is 16.6. The van der Waals surface area contributed by atoms with Gasteiger partial charge in [0.25, 0.3) is 12.0 Å². The molecule has 52 heavy (non-hydrogen) atoms. The predicted molar refractivity (Wildman–Crippen MR) is 195 cm³/mol. The summed E-state index contributed by atoms with van der Waals surface area (Å²) in [5.41, 5.74) is 3.13. The third-order valence-electron chi connectivity index (χ3n) is 9.90. The molecule has 2 aromatic carbocycles. The van der Waals surface area contributed by atoms with Crippen LogP contribution in [0.3, 0.4) is 0 Å². The average molecular weight is 752 g/mol. The van der Waals surface area contributed by atoms with Gasteiger partial charge in [0.1, 0.15) is 11.2 Å². The number of benzene rings is 2. The fraction of sp³-hybridized carbons (Fsp3) is 0.333. The highest BCUT2D eigenvalue weighted by Gasteiger charge is 2.36. The molecule has 2 N–H and O–H groups in total. The molecule has 4 heterocycles. The molecule has 2 atom stereocenters. The van der Waals surface area contributed by atoms with Crippen molar-refractivity contribution >= 4 is 52.2 Å². The maximum absolute atomic E-state index is 13.9. The minimum Gasteiger partial charge on any atom is -0.481 e. The number of rotatable bonds is 10. The average Bonchev–Trinajstić information content (AvgIpc) is 3.80. The highest BCUT2D eigenvalue weighted by atomic mass is 35.5. The predicted octanol–water partition coefficient (Wildman–Crippen LogP) is 5.81. The Hall–Kier alpha value is -4.92. The largest absolute Gasteiger partial charge is 0.481 e. The van der Waals surface area contributed by atoms with Gasteiger partial charge in [-0.25, -0.2) is 28.5 Å². The third-order valence-corrected chi connectivity index (χ3v) is 10.7. The Morgan fingerprint density at radius 2 is 1.73 bits per heavy atom. The second-order valence-electron chi connectivity index (χ2n) is 12.9. The van der Waals surface area contributed by atoms with Gasteiger partial charge >= 0.3 is 5.69 Å². The first kappa shape index (κ1) is 35.5. The van der Waals surface area contributed by atoms with Crippen LogP contribution in [0.25, 0.3) is 33.4 Å². The highest BCUT2D eigenvalue weighted by Crippen LogP contribution is 2.46. The number of methoxy groups -OCH3 is 1. The molecule has 5 aromatic rings. The number of fused-ring (bicyclic) bond motifs is 2. The molecule has 1 fully saturated rings. The van der Waals surface area contributed by atoms with E-state index in [1.54, 1.807) is 31.4 Å². The number of anilines is 2. The van der Waals surface area contributed by atoms with Gasteiger partial charge in [0, 0.05) is 55.5 Å². The number of hydrogen-bond acceptors (Lipinski definition) is 9. The summed E-state index contributed by atoms with van der Waals surface area (Å²) in [6.45, 7) is 2.47. The molecule has 12 nitrogen and oxygen atoms in total. The molecule has 2 aliphatic rings. The monoisotopic (exact) mass is 750 g/mol. The van der Waals surface area contributed by atoms with E-state index in [9.17, 15) is 23.2 Å². The number of amides is 1. The van der Waals surface area contributed by atoms with Crippen molar-refractivity contribution in [3.63, 3.8) is 0 Å². The molecule has 7 rings (SSSR count). The van der Waals surface area contributed by atoms with E-state index in [2.05, 4.69) is 31.6 Å². The van der Waals surface area contributed by atoms with Crippen LogP contribution in [-0.2, 0) is 25.3 Å². The van der Waals surface area contributed by atoms with Crippen molar-refractivity contribution in [3.05, 3.63) is 90.3 Å². The summed E-state index contributed by atoms with van der Waals surface area (Å²) in [5, 5.41) is 6.16. The zero-order valence-corrected chi connectivity index (χ0v) is 29.9. The van der Waals surface area contributed by atoms with E-state index >= 15 is 0 Å². The number of alkyl halides is 2. The fourth-order valence-electron chi connectivity index (χ4n) is 7.33. The number of likely N-dealkylation sites (tertiary alicyclic amines) is 1. The van der Waals surface area contributed by atoms with Crippen LogP contribution in [-0.4, -0.2) is 62.1 Å². The van der Waals surface area contributed by atoms with Crippen molar-refractivity contribution in [3.8, 4) is 28.3 Å². The van der Waals surface area contributed by atoms with Gasteiger partial charge in [-0.2, -0.15) is 0 Å². The van der Waals surface area contributed by atoms with Gasteiger partial charge in [-0.3, -0.25) is 23.6 Å². The molecular formula is C36H34Cl2F2N8O4. The molecule has 270 valence electrons. The molecule has 0 saturated carbocycles. The second-order valence-corrected chi connectivity index (χ2v) is 13.7. The summed E-state index contributed by atoms with van der Waals surface area (Å²) in [4.78, 5) is 51.7. The first-order chi connectivity index (χ1) is 25.0. The number of aromatic nitrogens is 5. The summed E-state index contributed by atoms with van der Waals surface area (Å²) in [6.07, 6.45) is 0.451. The molecule has 3 aromatic heterocycles. The summed E-state index contributed by atoms with van der Waals surface area (Å²) < 4.78 is 35.5. The zero-order chi connectivity index (χ0) is 36.8. The lowest BCUT2D eigenvalue weighted by Crippen LogP contribution is -2.38. The Morgan fingerprint density at radius 3 is 2.46 bits per heavy atom. The summed E-state index contributed by atoms with van der Waals surface area (Å²) in [7, 11) is 4.22. The van der Waals surface area contributed by atoms with Gasteiger partial charge in [0.05, 0.1) is 28.5 Å². The van der Waals surface area contributed by atoms with Gasteiger partial charge in [0.2, 0.25) is 12.3 Å². The third kappa shape index (κ3) is 6.18. The Labute approximate surface area is 306 Å². The Balaban J connectivity index is 1.25. The van der Waals surface area contributed by atoms with E-state index < -0.39 is 23.5 Å². The lowest BCUT2D eigenvalue weighted by molar-refractivity contribution is -0.109. The number of ether oxygens (including phenoxy) is 1. The molecule has 0 radical (unpaired) electrons. The van der Waals surface area contributed by atoms with E-state index in [-0.39, 0.29) is 33.6 Å². The smallest absolute Gasteiger partial charge is 0.332 e. The number of nitrogens with zero attached hydrogens (tertiary/aromatic N) is 6. The van der Waals surface area contributed by atoms with Crippen LogP contribution >= 0.6 is 23.2 Å². The van der Waals surface area contributed by atoms with Gasteiger partial charge in [-0.1, -0.05) is 53.5 Å². The van der Waals surface area contributed by atoms with Crippen molar-refractivity contribution in [1.29, 1.82) is 0 Å². The first-order valence-corrected chi connectivity index (χ1v) is 17.4. The van der Waals surface area contributed by atoms with Gasteiger partial charge < -0.3 is 15.4 Å². The van der Waals surface area contributed by atoms with Crippen LogP contribution in [0.4, 0.5) is 20.3 Å². The molecule has 0 bridgehead atoms. The number of aryl methyl sites for hydroxylation is 2. The van der Waals surface area contributed by atoms with Crippen LogP contribution in [0.1, 0.15) is 42.3 Å². The van der Waals surface area contributed by atoms with E-state index in [1.165, 1.54) is 14.1 Å². The zero-order valence-electron chi connectivity index (χ0n) is 28.4. The van der Waals surface area contributed by atoms with E-state index in [1.807, 2.05) is 12.1 Å². The number of carbonyl (C=O) groups excluding carboxylic acids is 1. The van der Waals surface area contributed by atoms with Gasteiger partial charge in [0.15, 0.2) is 11.5 Å². The highest BCUT2D eigenvalue weighted by molar-refractivity contribution is 6.39. The Kier molecular flexibility index (Phi) is 9.72. The topological polar surface area (TPSA) is 136 Å². The van der Waals surface area contributed by atoms with Crippen molar-refractivity contribution in [1.82, 2.24) is 34.3 Å². The number of halogens is 4. The number of pyridine rings is 1. The van der Waals surface area contributed by atoms with Crippen LogP contribution in [0.15, 0.2) is 52.1 Å². The molecule has 1 aliphatic heterocycles. The molecular weight excluding hydrogens is 717 g/mol. The fourth-order valence-corrected chi connectivity index (χ4v) is 7.93. The van der Waals surface area contributed by atoms with Gasteiger partial charge in [-0.15, -0.1) is 0 Å². The normalized spacial score (nSPS) is 17.2. The number of nitrogens with one attached hydrogen (secondary N) is 2. The van der Waals surface area contributed by atoms with Crippen LogP contribution in [0.2, 0.25) is 10.0 Å². The molecule has 1 saturated heterocycles. The standard InChI is InChI=1S/C36H34Cl2F2N8O4/c1-46-33-27(35(50)47(2)36(46)51)31(44-32(45-33)30(39)40)42-23-9-5-7-21(29(23)38)20-6-4-8-22(28(20)37)24-14-19-10-11-25(26(19)34(43-24)52-3)48-13-12-18(16-48)15-41-17-49/h4-9,14,17-18,25,30H,10-13,15-16H2,1-3H3,(H,41,49)(H,42,44,45)/t18?,25-/m0/s1. The second kappa shape index (κ2) is 14.2.